The van der Waals surface area contributed by atoms with Gasteiger partial charge in [0, 0.05) is 5.57 Å². The number of hydrogen-bond donors (Lipinski definition) is 0. The molecule has 3 aromatic rings. The van der Waals surface area contributed by atoms with Crippen LogP contribution in [0, 0.1) is 0 Å². The molecule has 0 bridgehead atoms. The summed E-state index contributed by atoms with van der Waals surface area (Å²) in [5.41, 5.74) is 2.74. The Labute approximate surface area is 184 Å². The molecule has 0 saturated carbocycles. The van der Waals surface area contributed by atoms with Crippen molar-refractivity contribution in [1.29, 1.82) is 0 Å². The summed E-state index contributed by atoms with van der Waals surface area (Å²) in [6.45, 7) is 6.41. The van der Waals surface area contributed by atoms with Crippen molar-refractivity contribution in [3.05, 3.63) is 120 Å². The van der Waals surface area contributed by atoms with Crippen LogP contribution in [-0.4, -0.2) is 32.4 Å². The van der Waals surface area contributed by atoms with E-state index in [4.69, 9.17) is 14.2 Å². The summed E-state index contributed by atoms with van der Waals surface area (Å²) in [5.74, 6) is -0.406. The van der Waals surface area contributed by atoms with Gasteiger partial charge in [-0.1, -0.05) is 97.6 Å². The predicted octanol–water partition coefficient (Wildman–Crippen LogP) is 5.13. The predicted molar refractivity (Wildman–Crippen MR) is 122 cm³/mol. The second kappa shape index (κ2) is 11.3. The lowest BCUT2D eigenvalue weighted by molar-refractivity contribution is -0.140. The molecule has 0 saturated heterocycles. The van der Waals surface area contributed by atoms with Gasteiger partial charge < -0.3 is 14.2 Å². The van der Waals surface area contributed by atoms with E-state index in [1.54, 1.807) is 6.92 Å². The van der Waals surface area contributed by atoms with Gasteiger partial charge >= 0.3 is 5.97 Å². The van der Waals surface area contributed by atoms with Crippen molar-refractivity contribution in [3.63, 3.8) is 0 Å². The molecule has 4 nitrogen and oxygen atoms in total. The monoisotopic (exact) mass is 416 g/mol. The number of carbonyl (C=O) groups excluding carboxylic acids is 1. The molecule has 160 valence electrons. The summed E-state index contributed by atoms with van der Waals surface area (Å²) in [4.78, 5) is 11.4. The molecule has 0 N–H and O–H groups in total. The molecular formula is C27H28O4. The van der Waals surface area contributed by atoms with Crippen LogP contribution in [0.15, 0.2) is 103 Å². The number of rotatable bonds is 11. The molecule has 0 radical (unpaired) electrons. The number of esters is 1. The van der Waals surface area contributed by atoms with E-state index in [0.29, 0.717) is 25.4 Å². The van der Waals surface area contributed by atoms with E-state index in [9.17, 15) is 4.79 Å². The van der Waals surface area contributed by atoms with Gasteiger partial charge in [-0.05, 0) is 23.6 Å². The summed E-state index contributed by atoms with van der Waals surface area (Å²) in [7, 11) is 0. The molecule has 0 aliphatic carbocycles. The maximum Gasteiger partial charge on any atom is 0.333 e. The largest absolute Gasteiger partial charge is 0.460 e. The highest BCUT2D eigenvalue weighted by Crippen LogP contribution is 2.40. The van der Waals surface area contributed by atoms with E-state index in [2.05, 4.69) is 43.0 Å². The van der Waals surface area contributed by atoms with Gasteiger partial charge in [0.15, 0.2) is 0 Å². The van der Waals surface area contributed by atoms with Crippen LogP contribution in [0.5, 0.6) is 0 Å². The summed E-state index contributed by atoms with van der Waals surface area (Å²) in [5, 5.41) is 0. The molecule has 0 unspecified atom stereocenters. The van der Waals surface area contributed by atoms with E-state index in [1.807, 2.05) is 54.6 Å². The SMILES string of the molecule is C=C(C)C(=O)OCCOCCOC(c1ccccc1)(c1ccccc1)c1ccccc1. The van der Waals surface area contributed by atoms with E-state index in [-0.39, 0.29) is 6.61 Å². The lowest BCUT2D eigenvalue weighted by Gasteiger charge is -2.36. The first-order chi connectivity index (χ1) is 15.1. The minimum atomic E-state index is -0.764. The van der Waals surface area contributed by atoms with E-state index in [0.717, 1.165) is 16.7 Å². The Bertz CT molecular complexity index is 856. The quantitative estimate of drug-likeness (QED) is 0.188. The normalized spacial score (nSPS) is 11.1. The Morgan fingerprint density at radius 2 is 1.13 bits per heavy atom. The van der Waals surface area contributed by atoms with Crippen LogP contribution in [-0.2, 0) is 24.6 Å². The van der Waals surface area contributed by atoms with Gasteiger partial charge in [-0.25, -0.2) is 4.79 Å². The van der Waals surface area contributed by atoms with Gasteiger partial charge in [-0.2, -0.15) is 0 Å². The molecule has 0 aliphatic rings. The van der Waals surface area contributed by atoms with Crippen LogP contribution >= 0.6 is 0 Å². The van der Waals surface area contributed by atoms with Crippen molar-refractivity contribution in [2.24, 2.45) is 0 Å². The van der Waals surface area contributed by atoms with E-state index >= 15 is 0 Å². The van der Waals surface area contributed by atoms with Crippen LogP contribution in [0.1, 0.15) is 23.6 Å². The maximum absolute atomic E-state index is 11.4. The summed E-state index contributed by atoms with van der Waals surface area (Å²) < 4.78 is 17.3. The van der Waals surface area contributed by atoms with Gasteiger partial charge in [-0.3, -0.25) is 0 Å². The van der Waals surface area contributed by atoms with Crippen LogP contribution in [0.2, 0.25) is 0 Å². The molecule has 3 rings (SSSR count). The van der Waals surface area contributed by atoms with Gasteiger partial charge in [0.1, 0.15) is 12.2 Å². The Morgan fingerprint density at radius 3 is 1.55 bits per heavy atom. The lowest BCUT2D eigenvalue weighted by atomic mass is 9.80. The molecule has 0 aromatic heterocycles. The van der Waals surface area contributed by atoms with Crippen molar-refractivity contribution in [2.45, 2.75) is 12.5 Å². The van der Waals surface area contributed by atoms with Gasteiger partial charge in [-0.15, -0.1) is 0 Å². The third-order valence-corrected chi connectivity index (χ3v) is 4.90. The number of hydrogen-bond acceptors (Lipinski definition) is 4. The molecule has 0 aliphatic heterocycles. The Kier molecular flexibility index (Phi) is 8.16. The van der Waals surface area contributed by atoms with Crippen LogP contribution in [0.3, 0.4) is 0 Å². The molecule has 3 aromatic carbocycles. The Hall–Kier alpha value is -3.21. The Morgan fingerprint density at radius 1 is 0.710 bits per heavy atom. The van der Waals surface area contributed by atoms with E-state index in [1.165, 1.54) is 0 Å². The fraction of sp³-hybridized carbons (Fsp3) is 0.222. The number of ether oxygens (including phenoxy) is 3. The number of carbonyl (C=O) groups is 1. The smallest absolute Gasteiger partial charge is 0.333 e. The van der Waals surface area contributed by atoms with Crippen LogP contribution in [0.4, 0.5) is 0 Å². The summed E-state index contributed by atoms with van der Waals surface area (Å²) in [6.07, 6.45) is 0. The topological polar surface area (TPSA) is 44.8 Å². The van der Waals surface area contributed by atoms with Crippen LogP contribution < -0.4 is 0 Å². The Balaban J connectivity index is 1.77. The minimum Gasteiger partial charge on any atom is -0.460 e. The highest BCUT2D eigenvalue weighted by atomic mass is 16.6. The van der Waals surface area contributed by atoms with Crippen molar-refractivity contribution >= 4 is 5.97 Å². The van der Waals surface area contributed by atoms with E-state index < -0.39 is 11.6 Å². The third kappa shape index (κ3) is 5.69. The minimum absolute atomic E-state index is 0.187. The van der Waals surface area contributed by atoms with Gasteiger partial charge in [0.25, 0.3) is 0 Å². The first-order valence-corrected chi connectivity index (χ1v) is 10.4. The molecule has 0 fully saturated rings. The molecule has 0 spiro atoms. The number of benzene rings is 3. The summed E-state index contributed by atoms with van der Waals surface area (Å²) >= 11 is 0. The molecular weight excluding hydrogens is 388 g/mol. The lowest BCUT2D eigenvalue weighted by Crippen LogP contribution is -2.34. The second-order valence-corrected chi connectivity index (χ2v) is 7.16. The zero-order valence-electron chi connectivity index (χ0n) is 17.8. The summed E-state index contributed by atoms with van der Waals surface area (Å²) in [6, 6.07) is 30.6. The fourth-order valence-electron chi connectivity index (χ4n) is 3.44. The zero-order valence-corrected chi connectivity index (χ0v) is 17.8. The average Bonchev–Trinajstić information content (AvgIpc) is 2.82. The third-order valence-electron chi connectivity index (χ3n) is 4.90. The van der Waals surface area contributed by atoms with Gasteiger partial charge in [0.05, 0.1) is 19.8 Å². The first-order valence-electron chi connectivity index (χ1n) is 10.4. The van der Waals surface area contributed by atoms with Crippen molar-refractivity contribution in [3.8, 4) is 0 Å². The standard InChI is InChI=1S/C27H28O4/c1-22(2)26(28)30-20-18-29-19-21-31-27(23-12-6-3-7-13-23,24-14-8-4-9-15-24)25-16-10-5-11-17-25/h3-17H,1,18-21H2,2H3. The maximum atomic E-state index is 11.4. The molecule has 4 heteroatoms. The molecule has 0 atom stereocenters. The average molecular weight is 417 g/mol. The molecule has 31 heavy (non-hydrogen) atoms. The zero-order chi connectivity index (χ0) is 21.9. The molecule has 0 heterocycles. The highest BCUT2D eigenvalue weighted by molar-refractivity contribution is 5.86. The van der Waals surface area contributed by atoms with Crippen molar-refractivity contribution < 1.29 is 19.0 Å². The van der Waals surface area contributed by atoms with Gasteiger partial charge in [0.2, 0.25) is 0 Å². The fourth-order valence-corrected chi connectivity index (χ4v) is 3.44. The van der Waals surface area contributed by atoms with Crippen molar-refractivity contribution in [2.75, 3.05) is 26.4 Å². The van der Waals surface area contributed by atoms with Crippen LogP contribution in [0.25, 0.3) is 0 Å². The second-order valence-electron chi connectivity index (χ2n) is 7.16. The van der Waals surface area contributed by atoms with Crippen molar-refractivity contribution in [1.82, 2.24) is 0 Å². The first kappa shape index (κ1) is 22.5. The molecule has 0 amide bonds. The highest BCUT2D eigenvalue weighted by Gasteiger charge is 2.37.